The van der Waals surface area contributed by atoms with Crippen molar-refractivity contribution in [2.75, 3.05) is 21.3 Å². The molecule has 0 fully saturated rings. The Morgan fingerprint density at radius 2 is 1.10 bits per heavy atom. The predicted octanol–water partition coefficient (Wildman–Crippen LogP) is 1.16. The zero-order chi connectivity index (χ0) is 20.1. The van der Waals surface area contributed by atoms with Crippen molar-refractivity contribution in [3.63, 3.8) is 0 Å². The topological polar surface area (TPSA) is 96.9 Å². The molecule has 0 aliphatic heterocycles. The van der Waals surface area contributed by atoms with E-state index in [0.717, 1.165) is 5.75 Å². The van der Waals surface area contributed by atoms with Gasteiger partial charge in [-0.05, 0) is 30.3 Å². The summed E-state index contributed by atoms with van der Waals surface area (Å²) in [6.07, 6.45) is 0. The van der Waals surface area contributed by atoms with E-state index in [1.807, 2.05) is 0 Å². The molecule has 9 heteroatoms. The van der Waals surface area contributed by atoms with Crippen LogP contribution in [0.2, 0.25) is 0 Å². The van der Waals surface area contributed by atoms with Gasteiger partial charge in [-0.15, -0.1) is 11.5 Å². The average Bonchev–Trinajstić information content (AvgIpc) is 2.70. The molecule has 0 bridgehead atoms. The standard InChI is InChI=1S/3C7H8O2.3Mg/c1-9-7-4-2-6(8)3-5-7;1-9-7-4-2-3-6(8)5-7;1-9-7-5-3-2-4-6(7)8;;;/h3*2-5,8H,1H3;;;/q;;;3*+2/p-3. The van der Waals surface area contributed by atoms with Crippen LogP contribution in [0.3, 0.4) is 0 Å². The first-order chi connectivity index (χ1) is 13.0. The Hall–Kier alpha value is -1.24. The number of hydrogen-bond donors (Lipinski definition) is 0. The van der Waals surface area contributed by atoms with E-state index >= 15 is 0 Å². The molecule has 0 saturated carbocycles. The molecule has 3 aromatic rings. The van der Waals surface area contributed by atoms with Gasteiger partial charge in [-0.2, -0.15) is 0 Å². The van der Waals surface area contributed by atoms with E-state index in [1.165, 1.54) is 44.6 Å². The third-order valence-corrected chi connectivity index (χ3v) is 3.17. The summed E-state index contributed by atoms with van der Waals surface area (Å²) in [4.78, 5) is 0. The van der Waals surface area contributed by atoms with Gasteiger partial charge in [-0.3, -0.25) is 0 Å². The molecular weight excluding hydrogens is 421 g/mol. The minimum absolute atomic E-state index is 0. The van der Waals surface area contributed by atoms with Crippen molar-refractivity contribution in [1.82, 2.24) is 0 Å². The molecule has 0 aliphatic carbocycles. The van der Waals surface area contributed by atoms with Crippen LogP contribution in [0, 0.1) is 0 Å². The van der Waals surface area contributed by atoms with Crippen LogP contribution < -0.4 is 29.5 Å². The van der Waals surface area contributed by atoms with Gasteiger partial charge in [-0.1, -0.05) is 48.2 Å². The summed E-state index contributed by atoms with van der Waals surface area (Å²) in [7, 11) is 4.59. The largest absolute Gasteiger partial charge is 2.00 e. The minimum atomic E-state index is -0.0694. The van der Waals surface area contributed by atoms with Gasteiger partial charge in [-0.25, -0.2) is 0 Å². The molecule has 144 valence electrons. The summed E-state index contributed by atoms with van der Waals surface area (Å²) in [6.45, 7) is 0. The summed E-state index contributed by atoms with van der Waals surface area (Å²) >= 11 is 0. The van der Waals surface area contributed by atoms with Gasteiger partial charge >= 0.3 is 69.2 Å². The first-order valence-corrected chi connectivity index (χ1v) is 7.92. The van der Waals surface area contributed by atoms with Gasteiger partial charge in [0.05, 0.1) is 21.3 Å². The molecule has 3 rings (SSSR count). The van der Waals surface area contributed by atoms with Crippen LogP contribution >= 0.6 is 0 Å². The predicted molar refractivity (Wildman–Crippen MR) is 115 cm³/mol. The van der Waals surface area contributed by atoms with Crippen LogP contribution in [-0.2, 0) is 0 Å². The molecule has 0 spiro atoms. The van der Waals surface area contributed by atoms with Crippen LogP contribution in [0.25, 0.3) is 0 Å². The van der Waals surface area contributed by atoms with Gasteiger partial charge in [0.1, 0.15) is 17.2 Å². The average molecular weight is 442 g/mol. The minimum Gasteiger partial charge on any atom is -0.872 e. The number of hydrogen-bond acceptors (Lipinski definition) is 6. The molecule has 3 aromatic carbocycles. The Morgan fingerprint density at radius 3 is 1.50 bits per heavy atom. The van der Waals surface area contributed by atoms with Gasteiger partial charge in [0, 0.05) is 0 Å². The van der Waals surface area contributed by atoms with E-state index in [4.69, 9.17) is 14.2 Å². The maximum Gasteiger partial charge on any atom is 2.00 e. The molecule has 0 aromatic heterocycles. The maximum atomic E-state index is 10.7. The maximum absolute atomic E-state index is 10.7. The van der Waals surface area contributed by atoms with Crippen LogP contribution in [0.4, 0.5) is 0 Å². The number of benzene rings is 3. The van der Waals surface area contributed by atoms with Crippen molar-refractivity contribution in [3.05, 3.63) is 72.8 Å². The quantitative estimate of drug-likeness (QED) is 0.565. The molecule has 0 atom stereocenters. The Morgan fingerprint density at radius 1 is 0.533 bits per heavy atom. The van der Waals surface area contributed by atoms with Gasteiger partial charge in [0.25, 0.3) is 0 Å². The molecule has 0 N–H and O–H groups in total. The molecule has 0 unspecified atom stereocenters. The van der Waals surface area contributed by atoms with Crippen molar-refractivity contribution >= 4 is 69.2 Å². The molecule has 0 radical (unpaired) electrons. The summed E-state index contributed by atoms with van der Waals surface area (Å²) < 4.78 is 14.4. The number of para-hydroxylation sites is 2. The Labute approximate surface area is 225 Å². The molecular formula is C21H21Mg3O6+3. The van der Waals surface area contributed by atoms with Crippen LogP contribution in [0.5, 0.6) is 34.5 Å². The SMILES string of the molecule is COc1ccc([O-])cc1.COc1cccc([O-])c1.COc1ccccc1[O-].[Mg+2].[Mg+2].[Mg+2]. The van der Waals surface area contributed by atoms with Gasteiger partial charge in [0.15, 0.2) is 0 Å². The van der Waals surface area contributed by atoms with E-state index in [2.05, 4.69) is 0 Å². The van der Waals surface area contributed by atoms with Gasteiger partial charge < -0.3 is 29.5 Å². The molecule has 0 heterocycles. The van der Waals surface area contributed by atoms with Crippen LogP contribution in [-0.4, -0.2) is 90.5 Å². The number of rotatable bonds is 3. The fourth-order valence-corrected chi connectivity index (χ4v) is 1.80. The third kappa shape index (κ3) is 13.9. The summed E-state index contributed by atoms with van der Waals surface area (Å²) in [6, 6.07) is 19.1. The fourth-order valence-electron chi connectivity index (χ4n) is 1.80. The second-order valence-corrected chi connectivity index (χ2v) is 5.01. The van der Waals surface area contributed by atoms with Gasteiger partial charge in [0.2, 0.25) is 0 Å². The fraction of sp³-hybridized carbons (Fsp3) is 0.143. The van der Waals surface area contributed by atoms with E-state index in [9.17, 15) is 15.3 Å². The zero-order valence-corrected chi connectivity index (χ0v) is 21.7. The van der Waals surface area contributed by atoms with Crippen LogP contribution in [0.1, 0.15) is 0 Å². The first-order valence-electron chi connectivity index (χ1n) is 7.92. The Bertz CT molecular complexity index is 801. The van der Waals surface area contributed by atoms with E-state index in [0.29, 0.717) is 11.5 Å². The summed E-state index contributed by atoms with van der Waals surface area (Å²) in [5.41, 5.74) is 0. The van der Waals surface area contributed by atoms with Crippen molar-refractivity contribution in [1.29, 1.82) is 0 Å². The number of ether oxygens (including phenoxy) is 3. The second kappa shape index (κ2) is 19.7. The normalized spacial score (nSPS) is 8.10. The summed E-state index contributed by atoms with van der Waals surface area (Å²) in [5.74, 6) is 1.65. The van der Waals surface area contributed by atoms with Crippen molar-refractivity contribution in [2.45, 2.75) is 0 Å². The molecule has 0 saturated heterocycles. The second-order valence-electron chi connectivity index (χ2n) is 5.01. The Balaban J connectivity index is -0.000000347. The van der Waals surface area contributed by atoms with E-state index < -0.39 is 0 Å². The van der Waals surface area contributed by atoms with Crippen molar-refractivity contribution in [3.8, 4) is 34.5 Å². The first kappa shape index (κ1) is 33.4. The third-order valence-electron chi connectivity index (χ3n) is 3.17. The summed E-state index contributed by atoms with van der Waals surface area (Å²) in [5, 5.41) is 31.8. The van der Waals surface area contributed by atoms with Crippen molar-refractivity contribution < 1.29 is 29.5 Å². The zero-order valence-electron chi connectivity index (χ0n) is 17.5. The number of methoxy groups -OCH3 is 3. The van der Waals surface area contributed by atoms with E-state index in [-0.39, 0.29) is 86.4 Å². The van der Waals surface area contributed by atoms with Crippen molar-refractivity contribution in [2.24, 2.45) is 0 Å². The molecule has 6 nitrogen and oxygen atoms in total. The smallest absolute Gasteiger partial charge is 0.872 e. The van der Waals surface area contributed by atoms with Crippen LogP contribution in [0.15, 0.2) is 72.8 Å². The molecule has 30 heavy (non-hydrogen) atoms. The molecule has 0 amide bonds. The van der Waals surface area contributed by atoms with E-state index in [1.54, 1.807) is 49.6 Å². The monoisotopic (exact) mass is 441 g/mol. The Kier molecular flexibility index (Phi) is 21.9. The molecule has 0 aliphatic rings.